The van der Waals surface area contributed by atoms with Gasteiger partial charge in [-0.1, -0.05) is 12.1 Å². The Bertz CT molecular complexity index is 424. The predicted molar refractivity (Wildman–Crippen MR) is 66.2 cm³/mol. The molecule has 0 spiro atoms. The number of para-hydroxylation sites is 2. The van der Waals surface area contributed by atoms with Gasteiger partial charge in [0.05, 0.1) is 11.1 Å². The fourth-order valence-corrected chi connectivity index (χ4v) is 1.24. The summed E-state index contributed by atoms with van der Waals surface area (Å²) in [5.41, 5.74) is -0.597. The van der Waals surface area contributed by atoms with Crippen molar-refractivity contribution in [2.75, 3.05) is 11.2 Å². The van der Waals surface area contributed by atoms with E-state index in [0.717, 1.165) is 0 Å². The first-order valence-corrected chi connectivity index (χ1v) is 5.81. The van der Waals surface area contributed by atoms with Gasteiger partial charge in [-0.05, 0) is 26.0 Å². The zero-order valence-corrected chi connectivity index (χ0v) is 10.8. The number of hydrogen-bond acceptors (Lipinski definition) is 2. The van der Waals surface area contributed by atoms with E-state index in [0.29, 0.717) is 0 Å². The first-order valence-electron chi connectivity index (χ1n) is 5.28. The van der Waals surface area contributed by atoms with Gasteiger partial charge in [0.2, 0.25) is 5.91 Å². The average molecular weight is 278 g/mol. The number of carbonyl (C=O) groups is 1. The van der Waals surface area contributed by atoms with Crippen LogP contribution >= 0.6 is 11.6 Å². The first kappa shape index (κ1) is 14.7. The maximum atomic E-state index is 12.2. The van der Waals surface area contributed by atoms with Gasteiger partial charge in [0.25, 0.3) is 0 Å². The molecule has 0 saturated carbocycles. The van der Waals surface area contributed by atoms with Crippen molar-refractivity contribution < 1.29 is 18.3 Å². The maximum Gasteiger partial charge on any atom is 0.387 e. The molecule has 1 rings (SSSR count). The molecule has 0 heterocycles. The lowest BCUT2D eigenvalue weighted by molar-refractivity contribution is -0.123. The molecule has 0 radical (unpaired) electrons. The highest BCUT2D eigenvalue weighted by Gasteiger charge is 2.27. The van der Waals surface area contributed by atoms with Crippen LogP contribution in [-0.2, 0) is 4.79 Å². The molecule has 0 fully saturated rings. The fourth-order valence-electron chi connectivity index (χ4n) is 1.12. The van der Waals surface area contributed by atoms with Gasteiger partial charge in [0, 0.05) is 5.88 Å². The van der Waals surface area contributed by atoms with Crippen molar-refractivity contribution >= 4 is 23.2 Å². The first-order chi connectivity index (χ1) is 8.36. The van der Waals surface area contributed by atoms with Crippen molar-refractivity contribution in [2.45, 2.75) is 20.5 Å². The van der Waals surface area contributed by atoms with Crippen LogP contribution in [-0.4, -0.2) is 18.4 Å². The molecule has 3 nitrogen and oxygen atoms in total. The van der Waals surface area contributed by atoms with Crippen molar-refractivity contribution in [3.05, 3.63) is 24.3 Å². The molecule has 6 heteroatoms. The quantitative estimate of drug-likeness (QED) is 0.837. The summed E-state index contributed by atoms with van der Waals surface area (Å²) < 4.78 is 28.7. The largest absolute Gasteiger partial charge is 0.433 e. The Balaban J connectivity index is 2.87. The number of halogens is 3. The minimum Gasteiger partial charge on any atom is -0.433 e. The third-order valence-corrected chi connectivity index (χ3v) is 2.97. The molecular weight excluding hydrogens is 264 g/mol. The van der Waals surface area contributed by atoms with E-state index in [1.165, 1.54) is 12.1 Å². The van der Waals surface area contributed by atoms with E-state index in [2.05, 4.69) is 10.1 Å². The molecule has 0 saturated heterocycles. The molecule has 1 aromatic carbocycles. The van der Waals surface area contributed by atoms with Crippen molar-refractivity contribution in [3.63, 3.8) is 0 Å². The number of alkyl halides is 3. The Morgan fingerprint density at radius 1 is 1.44 bits per heavy atom. The zero-order chi connectivity index (χ0) is 13.8. The number of anilines is 1. The third-order valence-electron chi connectivity index (χ3n) is 2.30. The van der Waals surface area contributed by atoms with Crippen LogP contribution in [0, 0.1) is 5.41 Å². The van der Waals surface area contributed by atoms with Crippen LogP contribution in [0.25, 0.3) is 0 Å². The van der Waals surface area contributed by atoms with Gasteiger partial charge < -0.3 is 10.1 Å². The normalized spacial score (nSPS) is 11.4. The van der Waals surface area contributed by atoms with Gasteiger partial charge >= 0.3 is 6.61 Å². The molecule has 1 aromatic rings. The lowest BCUT2D eigenvalue weighted by Gasteiger charge is -2.21. The SMILES string of the molecule is CC(C)(CCl)C(=O)Nc1ccccc1OC(F)F. The Hall–Kier alpha value is -1.36. The Kier molecular flexibility index (Phi) is 4.90. The van der Waals surface area contributed by atoms with E-state index in [9.17, 15) is 13.6 Å². The fraction of sp³-hybridized carbons (Fsp3) is 0.417. The highest BCUT2D eigenvalue weighted by atomic mass is 35.5. The Morgan fingerprint density at radius 3 is 2.61 bits per heavy atom. The van der Waals surface area contributed by atoms with E-state index in [-0.39, 0.29) is 23.2 Å². The minimum absolute atomic E-state index is 0.0776. The molecule has 0 bridgehead atoms. The summed E-state index contributed by atoms with van der Waals surface area (Å²) in [6.45, 7) is 0.377. The number of ether oxygens (including phenoxy) is 1. The van der Waals surface area contributed by atoms with Crippen LogP contribution in [0.15, 0.2) is 24.3 Å². The van der Waals surface area contributed by atoms with Crippen LogP contribution in [0.4, 0.5) is 14.5 Å². The van der Waals surface area contributed by atoms with Gasteiger partial charge in [-0.25, -0.2) is 0 Å². The summed E-state index contributed by atoms with van der Waals surface area (Å²) in [5, 5.41) is 2.53. The summed E-state index contributed by atoms with van der Waals surface area (Å²) in [6, 6.07) is 6.00. The monoisotopic (exact) mass is 277 g/mol. The van der Waals surface area contributed by atoms with E-state index in [1.807, 2.05) is 0 Å². The van der Waals surface area contributed by atoms with Crippen molar-refractivity contribution in [1.82, 2.24) is 0 Å². The predicted octanol–water partition coefficient (Wildman–Crippen LogP) is 3.49. The lowest BCUT2D eigenvalue weighted by Crippen LogP contribution is -2.32. The molecule has 18 heavy (non-hydrogen) atoms. The molecular formula is C12H14ClF2NO2. The van der Waals surface area contributed by atoms with E-state index in [1.54, 1.807) is 26.0 Å². The van der Waals surface area contributed by atoms with Crippen molar-refractivity contribution in [2.24, 2.45) is 5.41 Å². The molecule has 0 aliphatic heterocycles. The number of nitrogens with one attached hydrogen (secondary N) is 1. The summed E-state index contributed by atoms with van der Waals surface area (Å²) in [4.78, 5) is 11.9. The van der Waals surface area contributed by atoms with Gasteiger partial charge in [-0.2, -0.15) is 8.78 Å². The molecule has 0 unspecified atom stereocenters. The van der Waals surface area contributed by atoms with Gasteiger partial charge in [0.15, 0.2) is 0 Å². The average Bonchev–Trinajstić information content (AvgIpc) is 2.31. The maximum absolute atomic E-state index is 12.2. The van der Waals surface area contributed by atoms with Crippen molar-refractivity contribution in [3.8, 4) is 5.75 Å². The topological polar surface area (TPSA) is 38.3 Å². The van der Waals surface area contributed by atoms with Gasteiger partial charge in [-0.3, -0.25) is 4.79 Å². The number of benzene rings is 1. The minimum atomic E-state index is -2.94. The highest BCUT2D eigenvalue weighted by molar-refractivity contribution is 6.20. The van der Waals surface area contributed by atoms with Crippen LogP contribution in [0.3, 0.4) is 0 Å². The standard InChI is InChI=1S/C12H14ClF2NO2/c1-12(2,7-13)10(17)16-8-5-3-4-6-9(8)18-11(14)15/h3-6,11H,7H2,1-2H3,(H,16,17). The summed E-state index contributed by atoms with van der Waals surface area (Å²) in [6.07, 6.45) is 0. The van der Waals surface area contributed by atoms with Crippen molar-refractivity contribution in [1.29, 1.82) is 0 Å². The number of carbonyl (C=O) groups excluding carboxylic acids is 1. The highest BCUT2D eigenvalue weighted by Crippen LogP contribution is 2.28. The van der Waals surface area contributed by atoms with Crippen LogP contribution in [0.1, 0.15) is 13.8 Å². The molecule has 0 aromatic heterocycles. The molecule has 1 N–H and O–H groups in total. The third kappa shape index (κ3) is 3.84. The summed E-state index contributed by atoms with van der Waals surface area (Å²) >= 11 is 5.67. The van der Waals surface area contributed by atoms with Gasteiger partial charge in [-0.15, -0.1) is 11.6 Å². The molecule has 0 aliphatic rings. The molecule has 0 atom stereocenters. The smallest absolute Gasteiger partial charge is 0.387 e. The van der Waals surface area contributed by atoms with E-state index in [4.69, 9.17) is 11.6 Å². The summed E-state index contributed by atoms with van der Waals surface area (Å²) in [5.74, 6) is -0.314. The Labute approximate surface area is 109 Å². The number of rotatable bonds is 5. The molecule has 100 valence electrons. The van der Waals surface area contributed by atoms with Crippen LogP contribution in [0.5, 0.6) is 5.75 Å². The van der Waals surface area contributed by atoms with E-state index < -0.39 is 12.0 Å². The second-order valence-corrected chi connectivity index (χ2v) is 4.61. The molecule has 0 aliphatic carbocycles. The lowest BCUT2D eigenvalue weighted by atomic mass is 9.95. The van der Waals surface area contributed by atoms with E-state index >= 15 is 0 Å². The zero-order valence-electron chi connectivity index (χ0n) is 10.0. The Morgan fingerprint density at radius 2 is 2.06 bits per heavy atom. The number of hydrogen-bond donors (Lipinski definition) is 1. The second kappa shape index (κ2) is 6.00. The van der Waals surface area contributed by atoms with Crippen LogP contribution in [0.2, 0.25) is 0 Å². The summed E-state index contributed by atoms with van der Waals surface area (Å²) in [7, 11) is 0. The molecule has 1 amide bonds. The van der Waals surface area contributed by atoms with Gasteiger partial charge in [0.1, 0.15) is 5.75 Å². The second-order valence-electron chi connectivity index (χ2n) is 4.35. The van der Waals surface area contributed by atoms with Crippen LogP contribution < -0.4 is 10.1 Å². The number of amides is 1.